The number of hydrogen-bond donors (Lipinski definition) is 1. The molecular weight excluding hydrogens is 348 g/mol. The first-order valence-electron chi connectivity index (χ1n) is 9.40. The second-order valence-corrected chi connectivity index (χ2v) is 7.06. The van der Waals surface area contributed by atoms with E-state index in [0.717, 1.165) is 39.4 Å². The average molecular weight is 370 g/mol. The fourth-order valence-electron chi connectivity index (χ4n) is 3.46. The summed E-state index contributed by atoms with van der Waals surface area (Å²) in [6.07, 6.45) is 3.89. The zero-order chi connectivity index (χ0) is 19.5. The van der Waals surface area contributed by atoms with Gasteiger partial charge >= 0.3 is 0 Å². The molecule has 0 saturated heterocycles. The predicted octanol–water partition coefficient (Wildman–Crippen LogP) is 3.56. The molecule has 28 heavy (non-hydrogen) atoms. The lowest BCUT2D eigenvalue weighted by atomic mass is 10.0. The van der Waals surface area contributed by atoms with Crippen LogP contribution < -0.4 is 5.32 Å². The summed E-state index contributed by atoms with van der Waals surface area (Å²) in [7, 11) is 0. The molecule has 1 amide bonds. The van der Waals surface area contributed by atoms with Gasteiger partial charge in [-0.2, -0.15) is 0 Å². The SMILES string of the molecule is Cc1cc(C2=NCc3cc(CC(=O)N[C@H](C)c4ccccc4)ncc32)ccn1. The summed E-state index contributed by atoms with van der Waals surface area (Å²) in [5.74, 6) is -0.0345. The van der Waals surface area contributed by atoms with Gasteiger partial charge in [0.15, 0.2) is 0 Å². The molecule has 5 nitrogen and oxygen atoms in total. The van der Waals surface area contributed by atoms with Gasteiger partial charge in [-0.05, 0) is 43.2 Å². The molecule has 0 saturated carbocycles. The van der Waals surface area contributed by atoms with Gasteiger partial charge in [-0.15, -0.1) is 0 Å². The smallest absolute Gasteiger partial charge is 0.226 e. The number of fused-ring (bicyclic) bond motifs is 1. The molecule has 1 aliphatic heterocycles. The highest BCUT2D eigenvalue weighted by Gasteiger charge is 2.19. The molecule has 0 unspecified atom stereocenters. The lowest BCUT2D eigenvalue weighted by Gasteiger charge is -2.14. The minimum atomic E-state index is -0.0345. The first kappa shape index (κ1) is 18.0. The molecule has 1 aliphatic rings. The molecule has 5 heteroatoms. The summed E-state index contributed by atoms with van der Waals surface area (Å²) >= 11 is 0. The number of amides is 1. The Morgan fingerprint density at radius 2 is 1.96 bits per heavy atom. The van der Waals surface area contributed by atoms with E-state index in [1.807, 2.05) is 68.6 Å². The van der Waals surface area contributed by atoms with Crippen molar-refractivity contribution in [1.82, 2.24) is 15.3 Å². The van der Waals surface area contributed by atoms with Crippen molar-refractivity contribution >= 4 is 11.6 Å². The molecule has 0 fully saturated rings. The highest BCUT2D eigenvalue weighted by molar-refractivity contribution is 6.15. The minimum absolute atomic E-state index is 0.0343. The Balaban J connectivity index is 1.45. The maximum Gasteiger partial charge on any atom is 0.226 e. The molecule has 0 bridgehead atoms. The quantitative estimate of drug-likeness (QED) is 0.747. The van der Waals surface area contributed by atoms with Crippen molar-refractivity contribution in [1.29, 1.82) is 0 Å². The van der Waals surface area contributed by atoms with Crippen LogP contribution in [0.25, 0.3) is 0 Å². The third-order valence-electron chi connectivity index (χ3n) is 4.90. The maximum absolute atomic E-state index is 12.4. The topological polar surface area (TPSA) is 67.2 Å². The Kier molecular flexibility index (Phi) is 4.98. The number of nitrogens with zero attached hydrogens (tertiary/aromatic N) is 3. The summed E-state index contributed by atoms with van der Waals surface area (Å²) in [5, 5.41) is 3.04. The van der Waals surface area contributed by atoms with Crippen molar-refractivity contribution in [3.05, 3.63) is 94.6 Å². The van der Waals surface area contributed by atoms with Crippen LogP contribution >= 0.6 is 0 Å². The van der Waals surface area contributed by atoms with Crippen molar-refractivity contribution in [3.63, 3.8) is 0 Å². The molecule has 140 valence electrons. The standard InChI is InChI=1S/C23H22N4O/c1-15-10-18(8-9-24-15)23-21-14-25-20(11-19(21)13-26-23)12-22(28)27-16(2)17-6-4-3-5-7-17/h3-11,14,16H,12-13H2,1-2H3,(H,27,28)/t16-/m1/s1. The van der Waals surface area contributed by atoms with Crippen LogP contribution in [0.5, 0.6) is 0 Å². The fourth-order valence-corrected chi connectivity index (χ4v) is 3.46. The largest absolute Gasteiger partial charge is 0.349 e. The number of pyridine rings is 2. The number of nitrogens with one attached hydrogen (secondary N) is 1. The van der Waals surface area contributed by atoms with Crippen molar-refractivity contribution in [3.8, 4) is 0 Å². The van der Waals surface area contributed by atoms with Crippen LogP contribution in [0.2, 0.25) is 0 Å². The van der Waals surface area contributed by atoms with Crippen molar-refractivity contribution in [2.45, 2.75) is 32.9 Å². The zero-order valence-electron chi connectivity index (χ0n) is 16.0. The lowest BCUT2D eigenvalue weighted by molar-refractivity contribution is -0.121. The number of aliphatic imine (C=N–C) groups is 1. The van der Waals surface area contributed by atoms with Crippen LogP contribution in [0.3, 0.4) is 0 Å². The van der Waals surface area contributed by atoms with E-state index < -0.39 is 0 Å². The van der Waals surface area contributed by atoms with E-state index in [-0.39, 0.29) is 18.4 Å². The number of benzene rings is 1. The van der Waals surface area contributed by atoms with Crippen molar-refractivity contribution in [2.75, 3.05) is 0 Å². The second kappa shape index (κ2) is 7.72. The Bertz CT molecular complexity index is 1040. The van der Waals surface area contributed by atoms with Gasteiger partial charge in [-0.1, -0.05) is 30.3 Å². The van der Waals surface area contributed by atoms with E-state index >= 15 is 0 Å². The van der Waals surface area contributed by atoms with E-state index in [1.54, 1.807) is 6.20 Å². The molecule has 3 heterocycles. The van der Waals surface area contributed by atoms with Gasteiger partial charge in [-0.3, -0.25) is 19.8 Å². The molecule has 1 aromatic carbocycles. The van der Waals surface area contributed by atoms with Crippen LogP contribution in [0.15, 0.2) is 65.9 Å². The highest BCUT2D eigenvalue weighted by Crippen LogP contribution is 2.23. The number of aromatic nitrogens is 2. The van der Waals surface area contributed by atoms with Gasteiger partial charge in [0.2, 0.25) is 5.91 Å². The summed E-state index contributed by atoms with van der Waals surface area (Å²) in [5.41, 5.74) is 6.95. The van der Waals surface area contributed by atoms with Gasteiger partial charge in [0.1, 0.15) is 0 Å². The molecule has 4 rings (SSSR count). The maximum atomic E-state index is 12.4. The van der Waals surface area contributed by atoms with Gasteiger partial charge in [0.05, 0.1) is 30.4 Å². The summed E-state index contributed by atoms with van der Waals surface area (Å²) in [6.45, 7) is 4.57. The summed E-state index contributed by atoms with van der Waals surface area (Å²) in [4.78, 5) is 25.9. The first-order valence-corrected chi connectivity index (χ1v) is 9.40. The third-order valence-corrected chi connectivity index (χ3v) is 4.90. The molecule has 1 atom stereocenters. The molecular formula is C23H22N4O. The van der Waals surface area contributed by atoms with E-state index in [2.05, 4.69) is 20.3 Å². The van der Waals surface area contributed by atoms with Crippen LogP contribution in [0.1, 0.15) is 46.6 Å². The van der Waals surface area contributed by atoms with Gasteiger partial charge < -0.3 is 5.32 Å². The molecule has 0 aliphatic carbocycles. The van der Waals surface area contributed by atoms with Gasteiger partial charge in [0.25, 0.3) is 0 Å². The monoisotopic (exact) mass is 370 g/mol. The number of aryl methyl sites for hydroxylation is 1. The summed E-state index contributed by atoms with van der Waals surface area (Å²) < 4.78 is 0. The zero-order valence-corrected chi connectivity index (χ0v) is 16.0. The minimum Gasteiger partial charge on any atom is -0.349 e. The number of rotatable bonds is 5. The number of hydrogen-bond acceptors (Lipinski definition) is 4. The fraction of sp³-hybridized carbons (Fsp3) is 0.217. The highest BCUT2D eigenvalue weighted by atomic mass is 16.1. The number of carbonyl (C=O) groups is 1. The third kappa shape index (κ3) is 3.83. The molecule has 0 spiro atoms. The van der Waals surface area contributed by atoms with Gasteiger partial charge in [-0.25, -0.2) is 0 Å². The Morgan fingerprint density at radius 3 is 2.75 bits per heavy atom. The lowest BCUT2D eigenvalue weighted by Crippen LogP contribution is -2.28. The van der Waals surface area contributed by atoms with E-state index in [1.165, 1.54) is 0 Å². The van der Waals surface area contributed by atoms with Crippen LogP contribution in [-0.4, -0.2) is 21.6 Å². The normalized spacial score (nSPS) is 13.6. The van der Waals surface area contributed by atoms with E-state index in [0.29, 0.717) is 6.54 Å². The Morgan fingerprint density at radius 1 is 1.14 bits per heavy atom. The number of carbonyl (C=O) groups excluding carboxylic acids is 1. The molecule has 2 aromatic heterocycles. The van der Waals surface area contributed by atoms with E-state index in [9.17, 15) is 4.79 Å². The van der Waals surface area contributed by atoms with E-state index in [4.69, 9.17) is 0 Å². The Labute approximate surface area is 164 Å². The van der Waals surface area contributed by atoms with Crippen LogP contribution in [0.4, 0.5) is 0 Å². The Hall–Kier alpha value is -3.34. The molecule has 3 aromatic rings. The predicted molar refractivity (Wildman–Crippen MR) is 109 cm³/mol. The molecule has 0 radical (unpaired) electrons. The second-order valence-electron chi connectivity index (χ2n) is 7.06. The van der Waals surface area contributed by atoms with Crippen molar-refractivity contribution in [2.24, 2.45) is 4.99 Å². The van der Waals surface area contributed by atoms with Crippen LogP contribution in [0, 0.1) is 6.92 Å². The van der Waals surface area contributed by atoms with Gasteiger partial charge in [0, 0.05) is 29.2 Å². The molecule has 1 N–H and O–H groups in total. The average Bonchev–Trinajstić information content (AvgIpc) is 3.12. The van der Waals surface area contributed by atoms with Crippen LogP contribution in [-0.2, 0) is 17.8 Å². The first-order chi connectivity index (χ1) is 13.6. The van der Waals surface area contributed by atoms with Crippen molar-refractivity contribution < 1.29 is 4.79 Å². The summed E-state index contributed by atoms with van der Waals surface area (Å²) in [6, 6.07) is 15.9.